The van der Waals surface area contributed by atoms with Crippen molar-refractivity contribution in [3.63, 3.8) is 0 Å². The van der Waals surface area contributed by atoms with Crippen molar-refractivity contribution < 1.29 is 24.6 Å². The molecule has 2 amide bonds. The van der Waals surface area contributed by atoms with Crippen LogP contribution >= 0.6 is 0 Å². The number of hydrogen-bond donors (Lipinski definition) is 4. The van der Waals surface area contributed by atoms with Gasteiger partial charge in [0.25, 0.3) is 0 Å². The number of aliphatic hydroxyl groups excluding tert-OH is 1. The Labute approximate surface area is 136 Å². The second kappa shape index (κ2) is 8.26. The molecule has 8 nitrogen and oxygen atoms in total. The van der Waals surface area contributed by atoms with Gasteiger partial charge in [0.2, 0.25) is 11.8 Å². The predicted molar refractivity (Wildman–Crippen MR) is 83.4 cm³/mol. The minimum Gasteiger partial charge on any atom is -0.480 e. The van der Waals surface area contributed by atoms with Crippen LogP contribution < -0.4 is 11.1 Å². The molecule has 0 aromatic heterocycles. The molecule has 0 aromatic rings. The fourth-order valence-corrected chi connectivity index (χ4v) is 2.62. The minimum atomic E-state index is -1.14. The molecule has 1 saturated heterocycles. The standard InChI is InChI=1S/C15H27N3O5/c1-4-8(2)12(17-13(20)11(16)9(3)19)14(21)18-7-5-6-10(18)15(22)23/h8-12,19H,4-7,16H2,1-3H3,(H,17,20)(H,22,23)/t8-,9+,10+,11-,12-/m0/s1. The molecular formula is C15H27N3O5. The van der Waals surface area contributed by atoms with E-state index in [1.54, 1.807) is 0 Å². The summed E-state index contributed by atoms with van der Waals surface area (Å²) < 4.78 is 0. The lowest BCUT2D eigenvalue weighted by Crippen LogP contribution is -2.58. The summed E-state index contributed by atoms with van der Waals surface area (Å²) in [6.45, 7) is 5.44. The van der Waals surface area contributed by atoms with E-state index in [0.29, 0.717) is 25.8 Å². The third-order valence-corrected chi connectivity index (χ3v) is 4.42. The lowest BCUT2D eigenvalue weighted by molar-refractivity contribution is -0.150. The van der Waals surface area contributed by atoms with Crippen LogP contribution in [0.4, 0.5) is 0 Å². The number of aliphatic carboxylic acids is 1. The first-order chi connectivity index (χ1) is 10.7. The van der Waals surface area contributed by atoms with Crippen LogP contribution in [0, 0.1) is 5.92 Å². The van der Waals surface area contributed by atoms with Crippen molar-refractivity contribution in [1.29, 1.82) is 0 Å². The average Bonchev–Trinajstić information content (AvgIpc) is 2.99. The van der Waals surface area contributed by atoms with Gasteiger partial charge in [-0.15, -0.1) is 0 Å². The molecule has 1 aliphatic rings. The summed E-state index contributed by atoms with van der Waals surface area (Å²) in [4.78, 5) is 37.4. The van der Waals surface area contributed by atoms with Gasteiger partial charge in [0.15, 0.2) is 0 Å². The molecule has 5 atom stereocenters. The highest BCUT2D eigenvalue weighted by atomic mass is 16.4. The number of carboxylic acid groups (broad SMARTS) is 1. The fraction of sp³-hybridized carbons (Fsp3) is 0.800. The van der Waals surface area contributed by atoms with Crippen LogP contribution in [0.25, 0.3) is 0 Å². The Balaban J connectivity index is 2.91. The number of likely N-dealkylation sites (tertiary alicyclic amines) is 1. The van der Waals surface area contributed by atoms with Gasteiger partial charge in [-0.1, -0.05) is 20.3 Å². The maximum atomic E-state index is 12.7. The van der Waals surface area contributed by atoms with Crippen molar-refractivity contribution in [1.82, 2.24) is 10.2 Å². The minimum absolute atomic E-state index is 0.178. The van der Waals surface area contributed by atoms with Crippen LogP contribution in [0.15, 0.2) is 0 Å². The van der Waals surface area contributed by atoms with Crippen LogP contribution in [0.5, 0.6) is 0 Å². The lowest BCUT2D eigenvalue weighted by Gasteiger charge is -2.31. The number of carbonyl (C=O) groups excluding carboxylic acids is 2. The Hall–Kier alpha value is -1.67. The van der Waals surface area contributed by atoms with E-state index in [1.807, 2.05) is 13.8 Å². The predicted octanol–water partition coefficient (Wildman–Crippen LogP) is -0.699. The zero-order valence-corrected chi connectivity index (χ0v) is 13.9. The second-order valence-electron chi connectivity index (χ2n) is 6.17. The maximum Gasteiger partial charge on any atom is 0.326 e. The molecule has 23 heavy (non-hydrogen) atoms. The Morgan fingerprint density at radius 3 is 2.43 bits per heavy atom. The van der Waals surface area contributed by atoms with Crippen molar-refractivity contribution in [2.24, 2.45) is 11.7 Å². The molecule has 132 valence electrons. The van der Waals surface area contributed by atoms with Gasteiger partial charge in [-0.2, -0.15) is 0 Å². The van der Waals surface area contributed by atoms with E-state index in [0.717, 1.165) is 0 Å². The molecule has 1 fully saturated rings. The highest BCUT2D eigenvalue weighted by Crippen LogP contribution is 2.21. The normalized spacial score (nSPS) is 23.0. The molecule has 0 bridgehead atoms. The molecule has 0 aliphatic carbocycles. The van der Waals surface area contributed by atoms with Crippen molar-refractivity contribution in [3.8, 4) is 0 Å². The van der Waals surface area contributed by atoms with Gasteiger partial charge < -0.3 is 26.2 Å². The van der Waals surface area contributed by atoms with E-state index in [4.69, 9.17) is 5.73 Å². The summed E-state index contributed by atoms with van der Waals surface area (Å²) in [5.74, 6) is -2.24. The third kappa shape index (κ3) is 4.65. The van der Waals surface area contributed by atoms with Crippen molar-refractivity contribution in [3.05, 3.63) is 0 Å². The topological polar surface area (TPSA) is 133 Å². The van der Waals surface area contributed by atoms with Gasteiger partial charge in [-0.25, -0.2) is 4.79 Å². The Bertz CT molecular complexity index is 454. The first-order valence-corrected chi connectivity index (χ1v) is 7.98. The quantitative estimate of drug-likeness (QED) is 0.488. The number of aliphatic hydroxyl groups is 1. The van der Waals surface area contributed by atoms with E-state index in [1.165, 1.54) is 11.8 Å². The van der Waals surface area contributed by atoms with Crippen LogP contribution in [-0.4, -0.2) is 63.7 Å². The van der Waals surface area contributed by atoms with Gasteiger partial charge in [0.05, 0.1) is 6.10 Å². The monoisotopic (exact) mass is 329 g/mol. The number of rotatable bonds is 7. The molecular weight excluding hydrogens is 302 g/mol. The molecule has 8 heteroatoms. The number of carboxylic acids is 1. The van der Waals surface area contributed by atoms with Crippen molar-refractivity contribution >= 4 is 17.8 Å². The first-order valence-electron chi connectivity index (χ1n) is 7.98. The summed E-state index contributed by atoms with van der Waals surface area (Å²) in [5, 5.41) is 21.2. The van der Waals surface area contributed by atoms with Gasteiger partial charge in [-0.3, -0.25) is 9.59 Å². The Morgan fingerprint density at radius 1 is 1.35 bits per heavy atom. The summed E-state index contributed by atoms with van der Waals surface area (Å²) in [5.41, 5.74) is 5.60. The van der Waals surface area contributed by atoms with Crippen molar-refractivity contribution in [2.45, 2.75) is 64.3 Å². The molecule has 0 radical (unpaired) electrons. The first kappa shape index (κ1) is 19.4. The van der Waals surface area contributed by atoms with E-state index in [9.17, 15) is 24.6 Å². The summed E-state index contributed by atoms with van der Waals surface area (Å²) in [6, 6.07) is -2.84. The Morgan fingerprint density at radius 2 is 1.96 bits per heavy atom. The summed E-state index contributed by atoms with van der Waals surface area (Å²) in [7, 11) is 0. The van der Waals surface area contributed by atoms with Crippen molar-refractivity contribution in [2.75, 3.05) is 6.54 Å². The molecule has 1 aliphatic heterocycles. The molecule has 0 spiro atoms. The second-order valence-corrected chi connectivity index (χ2v) is 6.17. The maximum absolute atomic E-state index is 12.7. The van der Waals surface area contributed by atoms with E-state index in [-0.39, 0.29) is 5.92 Å². The SMILES string of the molecule is CC[C@H](C)[C@H](NC(=O)[C@@H](N)[C@@H](C)O)C(=O)N1CCC[C@@H]1C(=O)O. The third-order valence-electron chi connectivity index (χ3n) is 4.42. The van der Waals surface area contributed by atoms with Crippen LogP contribution in [0.1, 0.15) is 40.0 Å². The van der Waals surface area contributed by atoms with Crippen LogP contribution in [0.3, 0.4) is 0 Å². The number of nitrogens with one attached hydrogen (secondary N) is 1. The van der Waals surface area contributed by atoms with E-state index in [2.05, 4.69) is 5.32 Å². The molecule has 1 rings (SSSR count). The highest BCUT2D eigenvalue weighted by molar-refractivity contribution is 5.92. The van der Waals surface area contributed by atoms with Gasteiger partial charge in [-0.05, 0) is 25.7 Å². The molecule has 0 unspecified atom stereocenters. The van der Waals surface area contributed by atoms with Gasteiger partial charge in [0.1, 0.15) is 18.1 Å². The summed E-state index contributed by atoms with van der Waals surface area (Å²) >= 11 is 0. The van der Waals surface area contributed by atoms with Crippen LogP contribution in [0.2, 0.25) is 0 Å². The zero-order chi connectivity index (χ0) is 17.7. The number of nitrogens with two attached hydrogens (primary N) is 1. The summed E-state index contributed by atoms with van der Waals surface area (Å²) in [6.07, 6.45) is 0.625. The van der Waals surface area contributed by atoms with Gasteiger partial charge in [0, 0.05) is 6.54 Å². The number of hydrogen-bond acceptors (Lipinski definition) is 5. The largest absolute Gasteiger partial charge is 0.480 e. The smallest absolute Gasteiger partial charge is 0.326 e. The number of carbonyl (C=O) groups is 3. The van der Waals surface area contributed by atoms with Crippen LogP contribution in [-0.2, 0) is 14.4 Å². The fourth-order valence-electron chi connectivity index (χ4n) is 2.62. The average molecular weight is 329 g/mol. The number of amides is 2. The number of nitrogens with zero attached hydrogens (tertiary/aromatic N) is 1. The molecule has 0 aromatic carbocycles. The lowest BCUT2D eigenvalue weighted by atomic mass is 9.96. The van der Waals surface area contributed by atoms with Gasteiger partial charge >= 0.3 is 5.97 Å². The Kier molecular flexibility index (Phi) is 6.96. The molecule has 5 N–H and O–H groups in total. The van der Waals surface area contributed by atoms with E-state index < -0.39 is 42.0 Å². The molecule has 1 heterocycles. The zero-order valence-electron chi connectivity index (χ0n) is 13.9. The molecule has 0 saturated carbocycles. The van der Waals surface area contributed by atoms with E-state index >= 15 is 0 Å². The highest BCUT2D eigenvalue weighted by Gasteiger charge is 2.39.